The van der Waals surface area contributed by atoms with Crippen molar-refractivity contribution in [2.75, 3.05) is 20.3 Å². The Kier molecular flexibility index (Phi) is 6.02. The highest BCUT2D eigenvalue weighted by Gasteiger charge is 2.45. The highest BCUT2D eigenvalue weighted by atomic mass is 35.5. The molecule has 7 heteroatoms. The minimum absolute atomic E-state index is 0.0171. The largest absolute Gasteiger partial charge is 0.481 e. The minimum atomic E-state index is 0.0171. The van der Waals surface area contributed by atoms with Crippen LogP contribution in [0, 0.1) is 17.8 Å². The molecule has 3 aromatic rings. The number of aromatic amines is 1. The van der Waals surface area contributed by atoms with Gasteiger partial charge < -0.3 is 14.8 Å². The fourth-order valence-electron chi connectivity index (χ4n) is 7.03. The maximum Gasteiger partial charge on any atom is 0.213 e. The van der Waals surface area contributed by atoms with Crippen LogP contribution in [0.1, 0.15) is 57.4 Å². The summed E-state index contributed by atoms with van der Waals surface area (Å²) >= 11 is 6.86. The Bertz CT molecular complexity index is 1220. The van der Waals surface area contributed by atoms with Gasteiger partial charge in [-0.1, -0.05) is 11.6 Å². The summed E-state index contributed by atoms with van der Waals surface area (Å²) in [4.78, 5) is 4.24. The monoisotopic (exact) mass is 494 g/mol. The molecule has 4 heterocycles. The van der Waals surface area contributed by atoms with Crippen molar-refractivity contribution in [3.05, 3.63) is 41.0 Å². The molecule has 1 aliphatic carbocycles. The number of halogens is 1. The third-order valence-electron chi connectivity index (χ3n) is 8.63. The molecule has 2 saturated heterocycles. The molecule has 0 radical (unpaired) electrons. The van der Waals surface area contributed by atoms with Crippen molar-refractivity contribution in [3.8, 4) is 17.1 Å². The molecule has 3 aliphatic rings. The summed E-state index contributed by atoms with van der Waals surface area (Å²) in [5, 5.41) is 13.6. The first-order valence-electron chi connectivity index (χ1n) is 13.0. The van der Waals surface area contributed by atoms with E-state index in [2.05, 4.69) is 46.5 Å². The maximum atomic E-state index is 6.86. The van der Waals surface area contributed by atoms with Crippen LogP contribution in [0.2, 0.25) is 5.02 Å². The number of aromatic nitrogens is 3. The number of hydrogen-bond donors (Lipinski definition) is 2. The lowest BCUT2D eigenvalue weighted by molar-refractivity contribution is -0.0751. The summed E-state index contributed by atoms with van der Waals surface area (Å²) in [6, 6.07) is 8.84. The number of fused-ring (bicyclic) bond motifs is 2. The number of hydrogen-bond acceptors (Lipinski definition) is 5. The van der Waals surface area contributed by atoms with E-state index in [1.54, 1.807) is 13.3 Å². The first-order valence-corrected chi connectivity index (χ1v) is 13.3. The van der Waals surface area contributed by atoms with Crippen molar-refractivity contribution in [2.45, 2.75) is 63.5 Å². The number of pyridine rings is 1. The van der Waals surface area contributed by atoms with Gasteiger partial charge in [-0.25, -0.2) is 4.98 Å². The molecular weight excluding hydrogens is 460 g/mol. The van der Waals surface area contributed by atoms with E-state index in [1.165, 1.54) is 31.2 Å². The fourth-order valence-corrected chi connectivity index (χ4v) is 7.34. The summed E-state index contributed by atoms with van der Waals surface area (Å²) < 4.78 is 11.3. The van der Waals surface area contributed by atoms with Crippen molar-refractivity contribution >= 4 is 22.5 Å². The van der Waals surface area contributed by atoms with E-state index in [-0.39, 0.29) is 5.60 Å². The lowest BCUT2D eigenvalue weighted by Gasteiger charge is -2.37. The Morgan fingerprint density at radius 1 is 1.23 bits per heavy atom. The molecule has 6 rings (SSSR count). The molecule has 0 spiro atoms. The first kappa shape index (κ1) is 23.3. The van der Waals surface area contributed by atoms with Crippen molar-refractivity contribution in [2.24, 2.45) is 17.8 Å². The van der Waals surface area contributed by atoms with E-state index in [9.17, 15) is 0 Å². The molecule has 1 aromatic carbocycles. The predicted molar refractivity (Wildman–Crippen MR) is 139 cm³/mol. The second kappa shape index (κ2) is 9.06. The van der Waals surface area contributed by atoms with Gasteiger partial charge in [-0.05, 0) is 99.9 Å². The van der Waals surface area contributed by atoms with Crippen LogP contribution in [0.25, 0.3) is 22.2 Å². The van der Waals surface area contributed by atoms with Gasteiger partial charge in [-0.2, -0.15) is 5.10 Å². The summed E-state index contributed by atoms with van der Waals surface area (Å²) in [5.74, 6) is 3.29. The number of ether oxygens (including phenoxy) is 2. The molecule has 0 amide bonds. The SMILES string of the molecule is COc1cc(-c2n[nH]c3cc(Cl)c([C@H]4C[C@@H]5CN[C@@H](C[C@H]6CCOC(C)(C)C6)[C@H]5C4)cc23)ccn1. The van der Waals surface area contributed by atoms with Crippen LogP contribution in [0.4, 0.5) is 0 Å². The Morgan fingerprint density at radius 3 is 2.94 bits per heavy atom. The zero-order valence-electron chi connectivity index (χ0n) is 20.8. The number of benzene rings is 1. The average molecular weight is 495 g/mol. The summed E-state index contributed by atoms with van der Waals surface area (Å²) in [7, 11) is 1.63. The number of nitrogens with zero attached hydrogens (tertiary/aromatic N) is 2. The molecule has 0 bridgehead atoms. The topological polar surface area (TPSA) is 72.1 Å². The third-order valence-corrected chi connectivity index (χ3v) is 8.96. The van der Waals surface area contributed by atoms with Crippen LogP contribution in [0.3, 0.4) is 0 Å². The van der Waals surface area contributed by atoms with Gasteiger partial charge in [0.1, 0.15) is 5.69 Å². The first-order chi connectivity index (χ1) is 16.9. The molecule has 35 heavy (non-hydrogen) atoms. The van der Waals surface area contributed by atoms with Gasteiger partial charge in [0, 0.05) is 40.9 Å². The molecule has 2 N–H and O–H groups in total. The van der Waals surface area contributed by atoms with Crippen LogP contribution in [-0.2, 0) is 4.74 Å². The quantitative estimate of drug-likeness (QED) is 0.457. The Labute approximate surface area is 212 Å². The van der Waals surface area contributed by atoms with Gasteiger partial charge >= 0.3 is 0 Å². The van der Waals surface area contributed by atoms with E-state index in [4.69, 9.17) is 21.1 Å². The van der Waals surface area contributed by atoms with E-state index in [1.807, 2.05) is 12.1 Å². The van der Waals surface area contributed by atoms with Gasteiger partial charge in [-0.3, -0.25) is 5.10 Å². The molecular formula is C28H35ClN4O2. The van der Waals surface area contributed by atoms with Crippen molar-refractivity contribution in [1.82, 2.24) is 20.5 Å². The van der Waals surface area contributed by atoms with Crippen LogP contribution in [0.5, 0.6) is 5.88 Å². The predicted octanol–water partition coefficient (Wildman–Crippen LogP) is 5.96. The van der Waals surface area contributed by atoms with Crippen LogP contribution in [0.15, 0.2) is 30.5 Å². The van der Waals surface area contributed by atoms with Gasteiger partial charge in [-0.15, -0.1) is 0 Å². The van der Waals surface area contributed by atoms with Gasteiger partial charge in [0.2, 0.25) is 5.88 Å². The summed E-state index contributed by atoms with van der Waals surface area (Å²) in [6.07, 6.45) is 7.79. The van der Waals surface area contributed by atoms with Gasteiger partial charge in [0.15, 0.2) is 0 Å². The molecule has 3 fully saturated rings. The standard InChI is InChI=1S/C28H35ClN4O2/c1-28(2)14-16(5-7-35-28)8-24-21-10-18(9-19(21)15-31-24)20-12-22-25(13-23(20)29)32-33-27(22)17-4-6-30-26(11-17)34-3/h4,6,11-13,16,18-19,21,24,31H,5,7-10,14-15H2,1-3H3,(H,32,33)/t16-,18+,19-,21+,24+/m1/s1. The average Bonchev–Trinajstić information content (AvgIpc) is 3.53. The zero-order valence-corrected chi connectivity index (χ0v) is 21.6. The summed E-state index contributed by atoms with van der Waals surface area (Å²) in [6.45, 7) is 6.50. The Balaban J connectivity index is 1.23. The fraction of sp³-hybridized carbons (Fsp3) is 0.571. The Hall–Kier alpha value is -2.15. The smallest absolute Gasteiger partial charge is 0.213 e. The van der Waals surface area contributed by atoms with Gasteiger partial charge in [0.25, 0.3) is 0 Å². The highest BCUT2D eigenvalue weighted by molar-refractivity contribution is 6.32. The lowest BCUT2D eigenvalue weighted by Crippen LogP contribution is -2.38. The molecule has 5 atom stereocenters. The maximum absolute atomic E-state index is 6.86. The number of methoxy groups -OCH3 is 1. The van der Waals surface area contributed by atoms with Crippen LogP contribution in [-0.4, -0.2) is 47.1 Å². The lowest BCUT2D eigenvalue weighted by atomic mass is 9.80. The molecule has 1 saturated carbocycles. The zero-order chi connectivity index (χ0) is 24.2. The second-order valence-electron chi connectivity index (χ2n) is 11.4. The van der Waals surface area contributed by atoms with Crippen molar-refractivity contribution < 1.29 is 9.47 Å². The summed E-state index contributed by atoms with van der Waals surface area (Å²) in [5.41, 5.74) is 4.15. The molecule has 0 unspecified atom stereocenters. The van der Waals surface area contributed by atoms with E-state index in [0.29, 0.717) is 17.8 Å². The third kappa shape index (κ3) is 4.45. The molecule has 186 valence electrons. The Morgan fingerprint density at radius 2 is 2.11 bits per heavy atom. The van der Waals surface area contributed by atoms with Gasteiger partial charge in [0.05, 0.1) is 18.2 Å². The number of rotatable bonds is 5. The van der Waals surface area contributed by atoms with E-state index >= 15 is 0 Å². The normalized spacial score (nSPS) is 30.0. The number of H-pyrrole nitrogens is 1. The van der Waals surface area contributed by atoms with Crippen LogP contribution < -0.4 is 10.1 Å². The molecule has 2 aromatic heterocycles. The van der Waals surface area contributed by atoms with Crippen LogP contribution >= 0.6 is 11.6 Å². The molecule has 6 nitrogen and oxygen atoms in total. The van der Waals surface area contributed by atoms with E-state index < -0.39 is 0 Å². The van der Waals surface area contributed by atoms with Crippen molar-refractivity contribution in [1.29, 1.82) is 0 Å². The van der Waals surface area contributed by atoms with Crippen molar-refractivity contribution in [3.63, 3.8) is 0 Å². The minimum Gasteiger partial charge on any atom is -0.481 e. The number of nitrogens with one attached hydrogen (secondary N) is 2. The van der Waals surface area contributed by atoms with E-state index in [0.717, 1.165) is 64.5 Å². The molecule has 2 aliphatic heterocycles. The second-order valence-corrected chi connectivity index (χ2v) is 11.8. The highest BCUT2D eigenvalue weighted by Crippen LogP contribution is 2.50.